The molecule has 39 heavy (non-hydrogen) atoms. The smallest absolute Gasteiger partial charge is 0.147 e. The molecule has 6 aromatic carbocycles. The van der Waals surface area contributed by atoms with Crippen molar-refractivity contribution in [3.05, 3.63) is 132 Å². The van der Waals surface area contributed by atoms with Gasteiger partial charge in [-0.3, -0.25) is 0 Å². The van der Waals surface area contributed by atoms with Crippen LogP contribution in [0.5, 0.6) is 5.75 Å². The molecule has 2 heteroatoms. The highest BCUT2D eigenvalue weighted by atomic mass is 16.5. The van der Waals surface area contributed by atoms with Gasteiger partial charge in [0.1, 0.15) is 11.9 Å². The van der Waals surface area contributed by atoms with E-state index in [9.17, 15) is 0 Å². The molecular formula is C37H31NO. The van der Waals surface area contributed by atoms with Crippen molar-refractivity contribution >= 4 is 49.4 Å². The summed E-state index contributed by atoms with van der Waals surface area (Å²) in [4.78, 5) is 2.39. The zero-order valence-electron chi connectivity index (χ0n) is 22.6. The first-order valence-electron chi connectivity index (χ1n) is 13.8. The Morgan fingerprint density at radius 1 is 0.718 bits per heavy atom. The number of rotatable bonds is 5. The Labute approximate surface area is 229 Å². The van der Waals surface area contributed by atoms with Crippen LogP contribution in [0, 0.1) is 6.92 Å². The van der Waals surface area contributed by atoms with Crippen LogP contribution in [0.1, 0.15) is 30.9 Å². The van der Waals surface area contributed by atoms with E-state index in [1.165, 1.54) is 43.4 Å². The second-order valence-corrected chi connectivity index (χ2v) is 10.6. The van der Waals surface area contributed by atoms with Crippen LogP contribution < -0.4 is 9.64 Å². The summed E-state index contributed by atoms with van der Waals surface area (Å²) in [7, 11) is 0. The minimum atomic E-state index is 0.0587. The van der Waals surface area contributed by atoms with Gasteiger partial charge in [0.15, 0.2) is 0 Å². The summed E-state index contributed by atoms with van der Waals surface area (Å²) >= 11 is 0. The molecule has 0 radical (unpaired) electrons. The van der Waals surface area contributed by atoms with Crippen LogP contribution in [0.15, 0.2) is 121 Å². The van der Waals surface area contributed by atoms with Crippen LogP contribution in [-0.4, -0.2) is 6.10 Å². The van der Waals surface area contributed by atoms with Crippen molar-refractivity contribution in [2.45, 2.75) is 32.8 Å². The third-order valence-corrected chi connectivity index (χ3v) is 8.06. The van der Waals surface area contributed by atoms with E-state index < -0.39 is 0 Å². The van der Waals surface area contributed by atoms with Crippen molar-refractivity contribution in [3.63, 3.8) is 0 Å². The van der Waals surface area contributed by atoms with Crippen molar-refractivity contribution < 1.29 is 4.74 Å². The van der Waals surface area contributed by atoms with Crippen molar-refractivity contribution in [2.24, 2.45) is 0 Å². The van der Waals surface area contributed by atoms with E-state index in [0.29, 0.717) is 0 Å². The molecule has 0 spiro atoms. The highest BCUT2D eigenvalue weighted by Crippen LogP contribution is 2.51. The van der Waals surface area contributed by atoms with Crippen molar-refractivity contribution in [3.8, 4) is 5.75 Å². The SMILES string of the molecule is C/C=C/C=C\C1c2cccc(N(c3cccc(C)c3)c3ccc4ccc5cccc6ccc3c4c56)c2OC1C. The molecule has 0 fully saturated rings. The number of hydrogen-bond donors (Lipinski definition) is 0. The van der Waals surface area contributed by atoms with Crippen LogP contribution >= 0.6 is 0 Å². The van der Waals surface area contributed by atoms with E-state index >= 15 is 0 Å². The fourth-order valence-corrected chi connectivity index (χ4v) is 6.27. The van der Waals surface area contributed by atoms with Gasteiger partial charge in [-0.2, -0.15) is 0 Å². The van der Waals surface area contributed by atoms with E-state index in [1.54, 1.807) is 0 Å². The molecule has 6 aromatic rings. The molecule has 0 aromatic heterocycles. The number of benzene rings is 6. The molecule has 190 valence electrons. The summed E-state index contributed by atoms with van der Waals surface area (Å²) in [6, 6.07) is 35.5. The molecule has 0 bridgehead atoms. The maximum Gasteiger partial charge on any atom is 0.147 e. The standard InChI is InChI=1S/C37H31NO/c1-4-5-6-14-30-25(3)39-37-31(30)15-9-16-34(37)38(29-13-7-10-24(2)23-29)33-22-20-28-18-17-26-11-8-12-27-19-21-32(33)36(28)35(26)27/h4-23,25,30H,1-3H3/b5-4+,14-6-. The minimum Gasteiger partial charge on any atom is -0.487 e. The topological polar surface area (TPSA) is 12.5 Å². The molecule has 1 heterocycles. The normalized spacial score (nSPS) is 17.1. The molecule has 2 atom stereocenters. The van der Waals surface area contributed by atoms with Gasteiger partial charge in [0, 0.05) is 22.6 Å². The van der Waals surface area contributed by atoms with Gasteiger partial charge in [0.2, 0.25) is 0 Å². The van der Waals surface area contributed by atoms with Crippen molar-refractivity contribution in [1.82, 2.24) is 0 Å². The van der Waals surface area contributed by atoms with E-state index in [2.05, 4.69) is 140 Å². The lowest BCUT2D eigenvalue weighted by molar-refractivity contribution is 0.242. The maximum absolute atomic E-state index is 6.64. The van der Waals surface area contributed by atoms with Gasteiger partial charge in [-0.1, -0.05) is 97.1 Å². The van der Waals surface area contributed by atoms with E-state index in [0.717, 1.165) is 22.8 Å². The molecule has 1 aliphatic heterocycles. The Bertz CT molecular complexity index is 1880. The molecular weight excluding hydrogens is 474 g/mol. The highest BCUT2D eigenvalue weighted by Gasteiger charge is 2.33. The van der Waals surface area contributed by atoms with Crippen LogP contribution in [0.4, 0.5) is 17.1 Å². The average molecular weight is 506 g/mol. The summed E-state index contributed by atoms with van der Waals surface area (Å²) in [6.07, 6.45) is 8.59. The third-order valence-electron chi connectivity index (χ3n) is 8.06. The fraction of sp³-hybridized carbons (Fsp3) is 0.135. The summed E-state index contributed by atoms with van der Waals surface area (Å²) in [6.45, 7) is 6.37. The van der Waals surface area contributed by atoms with Gasteiger partial charge < -0.3 is 9.64 Å². The maximum atomic E-state index is 6.64. The van der Waals surface area contributed by atoms with Crippen molar-refractivity contribution in [2.75, 3.05) is 4.90 Å². The Morgan fingerprint density at radius 2 is 1.44 bits per heavy atom. The van der Waals surface area contributed by atoms with E-state index in [-0.39, 0.29) is 12.0 Å². The molecule has 0 N–H and O–H groups in total. The van der Waals surface area contributed by atoms with E-state index in [1.807, 2.05) is 6.92 Å². The summed E-state index contributed by atoms with van der Waals surface area (Å²) in [5.74, 6) is 1.17. The third kappa shape index (κ3) is 3.79. The predicted octanol–water partition coefficient (Wildman–Crippen LogP) is 10.4. The largest absolute Gasteiger partial charge is 0.487 e. The number of hydrogen-bond acceptors (Lipinski definition) is 2. The Morgan fingerprint density at radius 3 is 2.23 bits per heavy atom. The fourth-order valence-electron chi connectivity index (χ4n) is 6.27. The lowest BCUT2D eigenvalue weighted by atomic mass is 9.92. The highest BCUT2D eigenvalue weighted by molar-refractivity contribution is 6.25. The number of ether oxygens (including phenoxy) is 1. The lowest BCUT2D eigenvalue weighted by Crippen LogP contribution is -2.14. The second kappa shape index (κ2) is 9.32. The first kappa shape index (κ1) is 23.5. The Kier molecular flexibility index (Phi) is 5.63. The molecule has 1 aliphatic rings. The molecule has 2 unspecified atom stereocenters. The summed E-state index contributed by atoms with van der Waals surface area (Å²) in [5, 5.41) is 7.70. The second-order valence-electron chi connectivity index (χ2n) is 10.6. The number of fused-ring (bicyclic) bond motifs is 1. The molecule has 7 rings (SSSR count). The van der Waals surface area contributed by atoms with E-state index in [4.69, 9.17) is 4.74 Å². The number of para-hydroxylation sites is 1. The van der Waals surface area contributed by atoms with Gasteiger partial charge in [-0.15, -0.1) is 0 Å². The zero-order valence-corrected chi connectivity index (χ0v) is 22.6. The van der Waals surface area contributed by atoms with Gasteiger partial charge in [0.25, 0.3) is 0 Å². The van der Waals surface area contributed by atoms with Crippen LogP contribution in [0.25, 0.3) is 32.3 Å². The summed E-state index contributed by atoms with van der Waals surface area (Å²) < 4.78 is 6.64. The minimum absolute atomic E-state index is 0.0587. The van der Waals surface area contributed by atoms with Crippen LogP contribution in [-0.2, 0) is 0 Å². The quantitative estimate of drug-likeness (QED) is 0.171. The molecule has 0 aliphatic carbocycles. The number of aryl methyl sites for hydroxylation is 1. The van der Waals surface area contributed by atoms with Crippen LogP contribution in [0.2, 0.25) is 0 Å². The lowest BCUT2D eigenvalue weighted by Gasteiger charge is -2.29. The van der Waals surface area contributed by atoms with Gasteiger partial charge >= 0.3 is 0 Å². The molecule has 0 saturated heterocycles. The van der Waals surface area contributed by atoms with Gasteiger partial charge in [-0.25, -0.2) is 0 Å². The monoisotopic (exact) mass is 505 g/mol. The average Bonchev–Trinajstić information content (AvgIpc) is 3.28. The predicted molar refractivity (Wildman–Crippen MR) is 166 cm³/mol. The summed E-state index contributed by atoms with van der Waals surface area (Å²) in [5.41, 5.74) is 5.81. The molecule has 0 amide bonds. The van der Waals surface area contributed by atoms with Crippen molar-refractivity contribution in [1.29, 1.82) is 0 Å². The first-order chi connectivity index (χ1) is 19.1. The Balaban J connectivity index is 1.51. The number of nitrogens with zero attached hydrogens (tertiary/aromatic N) is 1. The van der Waals surface area contributed by atoms with Crippen LogP contribution in [0.3, 0.4) is 0 Å². The Hall–Kier alpha value is -4.56. The molecule has 0 saturated carbocycles. The number of allylic oxidation sites excluding steroid dienone is 3. The van der Waals surface area contributed by atoms with Gasteiger partial charge in [-0.05, 0) is 77.5 Å². The number of anilines is 3. The van der Waals surface area contributed by atoms with Gasteiger partial charge in [0.05, 0.1) is 11.4 Å². The first-order valence-corrected chi connectivity index (χ1v) is 13.8. The zero-order chi connectivity index (χ0) is 26.5. The molecule has 2 nitrogen and oxygen atoms in total.